The highest BCUT2D eigenvalue weighted by Crippen LogP contribution is 2.22. The van der Waals surface area contributed by atoms with Gasteiger partial charge in [0.1, 0.15) is 5.75 Å². The Morgan fingerprint density at radius 1 is 1.27 bits per heavy atom. The average molecular weight is 359 g/mol. The number of pyridine rings is 1. The lowest BCUT2D eigenvalue weighted by atomic mass is 10.2. The highest BCUT2D eigenvalue weighted by atomic mass is 16.5. The Balaban J connectivity index is 1.92. The van der Waals surface area contributed by atoms with E-state index in [2.05, 4.69) is 25.3 Å². The number of nitrogens with one attached hydrogen (secondary N) is 1. The zero-order chi connectivity index (χ0) is 18.5. The topological polar surface area (TPSA) is 117 Å². The molecule has 0 saturated carbocycles. The van der Waals surface area contributed by atoms with Crippen LogP contribution in [0.3, 0.4) is 0 Å². The van der Waals surface area contributed by atoms with Crippen molar-refractivity contribution in [1.29, 1.82) is 0 Å². The summed E-state index contributed by atoms with van der Waals surface area (Å²) in [5, 5.41) is 12.6. The van der Waals surface area contributed by atoms with Crippen molar-refractivity contribution in [2.75, 3.05) is 57.2 Å². The molecule has 3 heterocycles. The van der Waals surface area contributed by atoms with E-state index in [0.29, 0.717) is 43.6 Å². The van der Waals surface area contributed by atoms with Crippen molar-refractivity contribution < 1.29 is 14.6 Å². The molecule has 10 nitrogen and oxygen atoms in total. The van der Waals surface area contributed by atoms with Gasteiger partial charge in [0.25, 0.3) is 0 Å². The first kappa shape index (κ1) is 17.8. The van der Waals surface area contributed by atoms with E-state index < -0.39 is 0 Å². The second-order valence-electron chi connectivity index (χ2n) is 5.96. The predicted molar refractivity (Wildman–Crippen MR) is 94.9 cm³/mol. The molecule has 1 aliphatic heterocycles. The van der Waals surface area contributed by atoms with E-state index >= 15 is 0 Å². The number of morpholine rings is 1. The molecule has 0 unspecified atom stereocenters. The van der Waals surface area contributed by atoms with E-state index in [-0.39, 0.29) is 24.1 Å². The van der Waals surface area contributed by atoms with E-state index in [9.17, 15) is 9.90 Å². The van der Waals surface area contributed by atoms with Gasteiger partial charge in [-0.15, -0.1) is 0 Å². The Labute approximate surface area is 150 Å². The Bertz CT molecular complexity index is 778. The smallest absolute Gasteiger partial charge is 0.241 e. The normalized spacial score (nSPS) is 14.2. The summed E-state index contributed by atoms with van der Waals surface area (Å²) in [5.74, 6) is 1.06. The van der Waals surface area contributed by atoms with Crippen LogP contribution in [0.5, 0.6) is 5.75 Å². The Morgan fingerprint density at radius 2 is 2.04 bits per heavy atom. The molecular weight excluding hydrogens is 338 g/mol. The van der Waals surface area contributed by atoms with Crippen molar-refractivity contribution in [3.05, 3.63) is 18.5 Å². The largest absolute Gasteiger partial charge is 0.506 e. The SMILES string of the molecule is CN(C)C(=O)CNc1nc(-c2cncc(O)c2)nc(N2CCOCC2)n1. The number of nitrogens with zero attached hydrogens (tertiary/aromatic N) is 6. The van der Waals surface area contributed by atoms with E-state index in [0.717, 1.165) is 0 Å². The first-order valence-electron chi connectivity index (χ1n) is 8.20. The molecule has 0 aromatic carbocycles. The molecule has 138 valence electrons. The van der Waals surface area contributed by atoms with E-state index in [1.807, 2.05) is 4.90 Å². The molecular formula is C16H21N7O3. The van der Waals surface area contributed by atoms with E-state index in [1.54, 1.807) is 20.3 Å². The lowest BCUT2D eigenvalue weighted by Gasteiger charge is -2.27. The number of aromatic nitrogens is 4. The number of ether oxygens (including phenoxy) is 1. The molecule has 2 aromatic heterocycles. The minimum Gasteiger partial charge on any atom is -0.506 e. The summed E-state index contributed by atoms with van der Waals surface area (Å²) < 4.78 is 5.37. The first-order chi connectivity index (χ1) is 12.5. The van der Waals surface area contributed by atoms with Crippen molar-refractivity contribution in [1.82, 2.24) is 24.8 Å². The molecule has 0 aliphatic carbocycles. The third-order valence-corrected chi connectivity index (χ3v) is 3.80. The zero-order valence-electron chi connectivity index (χ0n) is 14.7. The monoisotopic (exact) mass is 359 g/mol. The molecule has 10 heteroatoms. The number of hydrogen-bond acceptors (Lipinski definition) is 9. The molecule has 0 atom stereocenters. The zero-order valence-corrected chi connectivity index (χ0v) is 14.7. The fraction of sp³-hybridized carbons (Fsp3) is 0.438. The van der Waals surface area contributed by atoms with Crippen molar-refractivity contribution in [2.45, 2.75) is 0 Å². The molecule has 1 amide bonds. The third kappa shape index (κ3) is 4.33. The van der Waals surface area contributed by atoms with Gasteiger partial charge >= 0.3 is 0 Å². The molecule has 3 rings (SSSR count). The minimum absolute atomic E-state index is 0.0214. The van der Waals surface area contributed by atoms with Gasteiger partial charge in [-0.05, 0) is 6.07 Å². The maximum Gasteiger partial charge on any atom is 0.241 e. The van der Waals surface area contributed by atoms with E-state index in [1.165, 1.54) is 17.2 Å². The van der Waals surface area contributed by atoms with Crippen LogP contribution < -0.4 is 10.2 Å². The summed E-state index contributed by atoms with van der Waals surface area (Å²) in [7, 11) is 3.36. The van der Waals surface area contributed by atoms with Gasteiger partial charge in [0.15, 0.2) is 5.82 Å². The van der Waals surface area contributed by atoms with Crippen LogP contribution in [0.2, 0.25) is 0 Å². The number of rotatable bonds is 5. The van der Waals surface area contributed by atoms with Gasteiger partial charge in [0.05, 0.1) is 26.0 Å². The van der Waals surface area contributed by atoms with Crippen LogP contribution in [0, 0.1) is 0 Å². The fourth-order valence-corrected chi connectivity index (χ4v) is 2.34. The Morgan fingerprint density at radius 3 is 2.73 bits per heavy atom. The van der Waals surface area contributed by atoms with E-state index in [4.69, 9.17) is 4.74 Å². The molecule has 1 aliphatic rings. The second-order valence-corrected chi connectivity index (χ2v) is 5.96. The number of hydrogen-bond donors (Lipinski definition) is 2. The maximum atomic E-state index is 11.8. The second kappa shape index (κ2) is 7.91. The van der Waals surface area contributed by atoms with Crippen LogP contribution in [0.1, 0.15) is 0 Å². The summed E-state index contributed by atoms with van der Waals surface area (Å²) in [6.07, 6.45) is 2.90. The molecule has 0 radical (unpaired) electrons. The van der Waals surface area contributed by atoms with Gasteiger partial charge in [0.2, 0.25) is 17.8 Å². The van der Waals surface area contributed by atoms with Gasteiger partial charge in [0, 0.05) is 38.9 Å². The molecule has 2 N–H and O–H groups in total. The fourth-order valence-electron chi connectivity index (χ4n) is 2.34. The summed E-state index contributed by atoms with van der Waals surface area (Å²) in [6.45, 7) is 2.58. The molecule has 2 aromatic rings. The average Bonchev–Trinajstić information content (AvgIpc) is 2.66. The standard InChI is InChI=1S/C16H21N7O3/c1-22(2)13(25)10-18-15-19-14(11-7-12(24)9-17-8-11)20-16(21-15)23-3-5-26-6-4-23/h7-9,24H,3-6,10H2,1-2H3,(H,18,19,20,21). The summed E-state index contributed by atoms with van der Waals surface area (Å²) >= 11 is 0. The van der Waals surface area contributed by atoms with Crippen LogP contribution >= 0.6 is 0 Å². The highest BCUT2D eigenvalue weighted by Gasteiger charge is 2.18. The number of carbonyl (C=O) groups is 1. The number of amides is 1. The Hall–Kier alpha value is -3.01. The van der Waals surface area contributed by atoms with Crippen LogP contribution in [0.15, 0.2) is 18.5 Å². The van der Waals surface area contributed by atoms with Gasteiger partial charge in [-0.25, -0.2) is 0 Å². The molecule has 26 heavy (non-hydrogen) atoms. The van der Waals surface area contributed by atoms with Crippen LogP contribution in [-0.2, 0) is 9.53 Å². The lowest BCUT2D eigenvalue weighted by molar-refractivity contribution is -0.126. The molecule has 0 bridgehead atoms. The highest BCUT2D eigenvalue weighted by molar-refractivity contribution is 5.79. The van der Waals surface area contributed by atoms with Crippen molar-refractivity contribution >= 4 is 17.8 Å². The minimum atomic E-state index is -0.0982. The lowest BCUT2D eigenvalue weighted by Crippen LogP contribution is -2.37. The number of carbonyl (C=O) groups excluding carboxylic acids is 1. The van der Waals surface area contributed by atoms with Crippen LogP contribution in [0.4, 0.5) is 11.9 Å². The van der Waals surface area contributed by atoms with Gasteiger partial charge < -0.3 is 25.0 Å². The quantitative estimate of drug-likeness (QED) is 0.759. The van der Waals surface area contributed by atoms with Crippen molar-refractivity contribution in [3.8, 4) is 17.1 Å². The number of likely N-dealkylation sites (N-methyl/N-ethyl adjacent to an activating group) is 1. The third-order valence-electron chi connectivity index (χ3n) is 3.80. The van der Waals surface area contributed by atoms with Crippen molar-refractivity contribution in [2.24, 2.45) is 0 Å². The molecule has 0 spiro atoms. The van der Waals surface area contributed by atoms with Crippen LogP contribution in [0.25, 0.3) is 11.4 Å². The summed E-state index contributed by atoms with van der Waals surface area (Å²) in [5.41, 5.74) is 0.559. The van der Waals surface area contributed by atoms with Gasteiger partial charge in [-0.3, -0.25) is 9.78 Å². The number of anilines is 2. The summed E-state index contributed by atoms with van der Waals surface area (Å²) in [6, 6.07) is 1.53. The first-order valence-corrected chi connectivity index (χ1v) is 8.20. The maximum absolute atomic E-state index is 11.8. The predicted octanol–water partition coefficient (Wildman–Crippen LogP) is -0.0241. The van der Waals surface area contributed by atoms with Crippen molar-refractivity contribution in [3.63, 3.8) is 0 Å². The molecule has 1 fully saturated rings. The van der Waals surface area contributed by atoms with Gasteiger partial charge in [-0.2, -0.15) is 15.0 Å². The summed E-state index contributed by atoms with van der Waals surface area (Å²) in [4.78, 5) is 32.5. The molecule has 1 saturated heterocycles. The van der Waals surface area contributed by atoms with Gasteiger partial charge in [-0.1, -0.05) is 0 Å². The van der Waals surface area contributed by atoms with Crippen LogP contribution in [-0.4, -0.2) is 82.8 Å². The Kier molecular flexibility index (Phi) is 5.42. The number of aromatic hydroxyl groups is 1.